The number of fused-ring (bicyclic) bond motifs is 1. The van der Waals surface area contributed by atoms with E-state index in [4.69, 9.17) is 9.84 Å². The number of amides is 2. The van der Waals surface area contributed by atoms with Crippen molar-refractivity contribution in [2.45, 2.75) is 6.92 Å². The van der Waals surface area contributed by atoms with Gasteiger partial charge in [0.05, 0.1) is 24.8 Å². The van der Waals surface area contributed by atoms with E-state index in [-0.39, 0.29) is 30.9 Å². The van der Waals surface area contributed by atoms with Crippen molar-refractivity contribution in [3.8, 4) is 5.75 Å². The first-order valence-corrected chi connectivity index (χ1v) is 6.48. The van der Waals surface area contributed by atoms with E-state index in [2.05, 4.69) is 5.32 Å². The fourth-order valence-corrected chi connectivity index (χ4v) is 2.05. The highest BCUT2D eigenvalue weighted by atomic mass is 16.5. The molecule has 0 radical (unpaired) electrons. The molecule has 0 saturated heterocycles. The van der Waals surface area contributed by atoms with Gasteiger partial charge in [0.2, 0.25) is 5.91 Å². The number of nitrogens with one attached hydrogen (secondary N) is 1. The van der Waals surface area contributed by atoms with Crippen LogP contribution in [0.15, 0.2) is 18.2 Å². The molecule has 6 nitrogen and oxygen atoms in total. The van der Waals surface area contributed by atoms with Crippen LogP contribution in [-0.2, 0) is 4.79 Å². The quantitative estimate of drug-likeness (QED) is 0.839. The van der Waals surface area contributed by atoms with Gasteiger partial charge in [-0.2, -0.15) is 0 Å². The predicted molar refractivity (Wildman–Crippen MR) is 73.9 cm³/mol. The second-order valence-electron chi connectivity index (χ2n) is 4.77. The van der Waals surface area contributed by atoms with Crippen LogP contribution in [0.25, 0.3) is 0 Å². The van der Waals surface area contributed by atoms with Crippen LogP contribution >= 0.6 is 0 Å². The molecule has 1 aromatic carbocycles. The van der Waals surface area contributed by atoms with Gasteiger partial charge >= 0.3 is 0 Å². The van der Waals surface area contributed by atoms with E-state index in [9.17, 15) is 9.59 Å². The molecule has 20 heavy (non-hydrogen) atoms. The molecular weight excluding hydrogens is 260 g/mol. The molecular formula is C14H18N2O4. The molecule has 1 aliphatic rings. The van der Waals surface area contributed by atoms with Gasteiger partial charge in [-0.25, -0.2) is 0 Å². The van der Waals surface area contributed by atoms with Gasteiger partial charge in [0, 0.05) is 19.2 Å². The largest absolute Gasteiger partial charge is 0.491 e. The molecule has 1 heterocycles. The smallest absolute Gasteiger partial charge is 0.251 e. The van der Waals surface area contributed by atoms with Gasteiger partial charge in [0.1, 0.15) is 5.75 Å². The molecule has 0 bridgehead atoms. The van der Waals surface area contributed by atoms with E-state index in [0.29, 0.717) is 23.6 Å². The summed E-state index contributed by atoms with van der Waals surface area (Å²) < 4.78 is 5.58. The Morgan fingerprint density at radius 2 is 2.30 bits per heavy atom. The molecule has 2 rings (SSSR count). The van der Waals surface area contributed by atoms with Gasteiger partial charge in [0.25, 0.3) is 5.91 Å². The monoisotopic (exact) mass is 278 g/mol. The van der Waals surface area contributed by atoms with Crippen LogP contribution in [0, 0.1) is 5.92 Å². The summed E-state index contributed by atoms with van der Waals surface area (Å²) in [5, 5.41) is 11.3. The second-order valence-corrected chi connectivity index (χ2v) is 4.77. The van der Waals surface area contributed by atoms with Crippen LogP contribution in [0.3, 0.4) is 0 Å². The summed E-state index contributed by atoms with van der Waals surface area (Å²) in [6.45, 7) is 2.21. The average Bonchev–Trinajstić information content (AvgIpc) is 2.57. The second kappa shape index (κ2) is 5.92. The minimum atomic E-state index is -0.292. The van der Waals surface area contributed by atoms with Gasteiger partial charge in [-0.15, -0.1) is 0 Å². The predicted octanol–water partition coefficient (Wildman–Crippen LogP) is 0.400. The van der Waals surface area contributed by atoms with Gasteiger partial charge < -0.3 is 20.1 Å². The van der Waals surface area contributed by atoms with E-state index in [1.54, 1.807) is 32.2 Å². The summed E-state index contributed by atoms with van der Waals surface area (Å²) in [6, 6.07) is 4.95. The molecule has 108 valence electrons. The van der Waals surface area contributed by atoms with E-state index >= 15 is 0 Å². The fourth-order valence-electron chi connectivity index (χ4n) is 2.05. The summed E-state index contributed by atoms with van der Waals surface area (Å²) in [5.41, 5.74) is 1.01. The lowest BCUT2D eigenvalue weighted by atomic mass is 10.1. The maximum atomic E-state index is 12.1. The molecule has 6 heteroatoms. The highest BCUT2D eigenvalue weighted by Gasteiger charge is 2.26. The normalized spacial score (nSPS) is 18.1. The number of anilines is 1. The number of carbonyl (C=O) groups excluding carboxylic acids is 2. The van der Waals surface area contributed by atoms with Crippen LogP contribution in [-0.4, -0.2) is 43.7 Å². The Kier molecular flexibility index (Phi) is 4.24. The maximum absolute atomic E-state index is 12.1. The van der Waals surface area contributed by atoms with Crippen LogP contribution in [0.1, 0.15) is 17.3 Å². The average molecular weight is 278 g/mol. The third-order valence-corrected chi connectivity index (χ3v) is 3.22. The number of benzene rings is 1. The Balaban J connectivity index is 2.30. The zero-order valence-corrected chi connectivity index (χ0v) is 11.5. The first kappa shape index (κ1) is 14.3. The molecule has 0 aliphatic carbocycles. The Labute approximate surface area is 117 Å². The Morgan fingerprint density at radius 3 is 3.00 bits per heavy atom. The van der Waals surface area contributed by atoms with Gasteiger partial charge in [0.15, 0.2) is 0 Å². The molecule has 0 saturated carbocycles. The SMILES string of the molecule is CC1COc2ccc(C(=O)NCCO)cc2N(C)C1=O. The van der Waals surface area contributed by atoms with Crippen LogP contribution in [0.2, 0.25) is 0 Å². The number of hydrogen-bond acceptors (Lipinski definition) is 4. The number of ether oxygens (including phenoxy) is 1. The number of hydrogen-bond donors (Lipinski definition) is 2. The van der Waals surface area contributed by atoms with Crippen molar-refractivity contribution in [1.82, 2.24) is 5.32 Å². The molecule has 1 aliphatic heterocycles. The maximum Gasteiger partial charge on any atom is 0.251 e. The molecule has 2 N–H and O–H groups in total. The molecule has 2 amide bonds. The first-order chi connectivity index (χ1) is 9.54. The van der Waals surface area contributed by atoms with E-state index < -0.39 is 0 Å². The Morgan fingerprint density at radius 1 is 1.55 bits per heavy atom. The highest BCUT2D eigenvalue weighted by molar-refractivity contribution is 6.00. The third kappa shape index (κ3) is 2.75. The summed E-state index contributed by atoms with van der Waals surface area (Å²) in [5.74, 6) is 0.0274. The number of aliphatic hydroxyl groups excluding tert-OH is 1. The summed E-state index contributed by atoms with van der Waals surface area (Å²) in [4.78, 5) is 25.4. The molecule has 1 atom stereocenters. The van der Waals surface area contributed by atoms with Crippen LogP contribution in [0.5, 0.6) is 5.75 Å². The Hall–Kier alpha value is -2.08. The first-order valence-electron chi connectivity index (χ1n) is 6.48. The summed E-state index contributed by atoms with van der Waals surface area (Å²) >= 11 is 0. The van der Waals surface area contributed by atoms with Crippen molar-refractivity contribution >= 4 is 17.5 Å². The summed E-state index contributed by atoms with van der Waals surface area (Å²) in [6.07, 6.45) is 0. The van der Waals surface area contributed by atoms with Gasteiger partial charge in [-0.05, 0) is 18.2 Å². The van der Waals surface area contributed by atoms with Gasteiger partial charge in [-0.3, -0.25) is 9.59 Å². The molecule has 0 fully saturated rings. The minimum Gasteiger partial charge on any atom is -0.491 e. The number of carbonyl (C=O) groups is 2. The van der Waals surface area contributed by atoms with E-state index in [0.717, 1.165) is 0 Å². The van der Waals surface area contributed by atoms with E-state index in [1.165, 1.54) is 4.90 Å². The zero-order chi connectivity index (χ0) is 14.7. The number of nitrogens with zero attached hydrogens (tertiary/aromatic N) is 1. The van der Waals surface area contributed by atoms with Crippen molar-refractivity contribution in [1.29, 1.82) is 0 Å². The number of rotatable bonds is 3. The highest BCUT2D eigenvalue weighted by Crippen LogP contribution is 2.32. The number of aliphatic hydroxyl groups is 1. The molecule has 1 unspecified atom stereocenters. The van der Waals surface area contributed by atoms with Crippen LogP contribution in [0.4, 0.5) is 5.69 Å². The Bertz CT molecular complexity index is 530. The summed E-state index contributed by atoms with van der Waals surface area (Å²) in [7, 11) is 1.67. The zero-order valence-electron chi connectivity index (χ0n) is 11.5. The van der Waals surface area contributed by atoms with Crippen LogP contribution < -0.4 is 15.0 Å². The fraction of sp³-hybridized carbons (Fsp3) is 0.429. The lowest BCUT2D eigenvalue weighted by Gasteiger charge is -2.18. The molecule has 1 aromatic rings. The topological polar surface area (TPSA) is 78.9 Å². The third-order valence-electron chi connectivity index (χ3n) is 3.22. The van der Waals surface area contributed by atoms with E-state index in [1.807, 2.05) is 0 Å². The van der Waals surface area contributed by atoms with Crippen molar-refractivity contribution in [3.05, 3.63) is 23.8 Å². The van der Waals surface area contributed by atoms with Crippen molar-refractivity contribution < 1.29 is 19.4 Å². The lowest BCUT2D eigenvalue weighted by Crippen LogP contribution is -2.32. The van der Waals surface area contributed by atoms with Crippen molar-refractivity contribution in [3.63, 3.8) is 0 Å². The minimum absolute atomic E-state index is 0.0448. The van der Waals surface area contributed by atoms with Gasteiger partial charge in [-0.1, -0.05) is 6.92 Å². The van der Waals surface area contributed by atoms with Crippen molar-refractivity contribution in [2.75, 3.05) is 31.7 Å². The van der Waals surface area contributed by atoms with Crippen molar-refractivity contribution in [2.24, 2.45) is 5.92 Å². The standard InChI is InChI=1S/C14H18N2O4/c1-9-8-20-12-4-3-10(13(18)15-5-6-17)7-11(12)16(2)14(9)19/h3-4,7,9,17H,5-6,8H2,1-2H3,(H,15,18). The molecule has 0 aromatic heterocycles. The lowest BCUT2D eigenvalue weighted by molar-refractivity contribution is -0.122. The molecule has 0 spiro atoms.